The molecule has 0 bridgehead atoms. The van der Waals surface area contributed by atoms with E-state index in [2.05, 4.69) is 25.4 Å². The van der Waals surface area contributed by atoms with Gasteiger partial charge in [-0.05, 0) is 31.5 Å². The lowest BCUT2D eigenvalue weighted by Crippen LogP contribution is -2.16. The van der Waals surface area contributed by atoms with Crippen molar-refractivity contribution in [2.75, 3.05) is 5.32 Å². The van der Waals surface area contributed by atoms with E-state index in [1.165, 1.54) is 0 Å². The van der Waals surface area contributed by atoms with Gasteiger partial charge < -0.3 is 10.3 Å². The van der Waals surface area contributed by atoms with E-state index in [0.29, 0.717) is 17.0 Å². The van der Waals surface area contributed by atoms with Gasteiger partial charge in [-0.15, -0.1) is 0 Å². The van der Waals surface area contributed by atoms with Crippen LogP contribution in [0.2, 0.25) is 0 Å². The zero-order valence-electron chi connectivity index (χ0n) is 12.7. The third-order valence-corrected chi connectivity index (χ3v) is 3.82. The number of carbonyl (C=O) groups is 1. The van der Waals surface area contributed by atoms with Gasteiger partial charge in [0.05, 0.1) is 11.3 Å². The first-order chi connectivity index (χ1) is 11.1. The number of H-pyrrole nitrogens is 1. The maximum Gasteiger partial charge on any atom is 0.258 e. The Bertz CT molecular complexity index is 1050. The van der Waals surface area contributed by atoms with Gasteiger partial charge >= 0.3 is 0 Å². The van der Waals surface area contributed by atoms with Gasteiger partial charge in [-0.25, -0.2) is 9.97 Å². The van der Waals surface area contributed by atoms with Crippen LogP contribution < -0.4 is 5.32 Å². The van der Waals surface area contributed by atoms with Crippen LogP contribution in [0, 0.1) is 13.8 Å². The molecule has 1 amide bonds. The molecule has 0 unspecified atom stereocenters. The van der Waals surface area contributed by atoms with Crippen LogP contribution in [0.3, 0.4) is 0 Å². The molecule has 0 atom stereocenters. The highest BCUT2D eigenvalue weighted by atomic mass is 16.1. The molecule has 0 aromatic carbocycles. The van der Waals surface area contributed by atoms with Gasteiger partial charge in [0.25, 0.3) is 5.91 Å². The molecule has 0 saturated carbocycles. The molecule has 2 N–H and O–H groups in total. The zero-order valence-corrected chi connectivity index (χ0v) is 12.7. The number of hydrogen-bond donors (Lipinski definition) is 2. The van der Waals surface area contributed by atoms with E-state index in [4.69, 9.17) is 0 Å². The van der Waals surface area contributed by atoms with Crippen LogP contribution in [0.1, 0.15) is 21.6 Å². The van der Waals surface area contributed by atoms with Crippen LogP contribution in [-0.2, 0) is 0 Å². The SMILES string of the molecule is Cc1cc2nccc(NC(=O)c3cnc4[nH]ccc4c3C)n2n1. The summed E-state index contributed by atoms with van der Waals surface area (Å²) in [5.74, 6) is 0.348. The monoisotopic (exact) mass is 306 g/mol. The summed E-state index contributed by atoms with van der Waals surface area (Å²) < 4.78 is 1.62. The Labute approximate surface area is 131 Å². The Hall–Kier alpha value is -3.22. The maximum absolute atomic E-state index is 12.6. The van der Waals surface area contributed by atoms with Gasteiger partial charge in [0.1, 0.15) is 11.5 Å². The van der Waals surface area contributed by atoms with E-state index in [1.54, 1.807) is 23.0 Å². The van der Waals surface area contributed by atoms with Crippen LogP contribution in [0.5, 0.6) is 0 Å². The summed E-state index contributed by atoms with van der Waals surface area (Å²) in [5, 5.41) is 8.16. The molecule has 7 nitrogen and oxygen atoms in total. The average Bonchev–Trinajstić information content (AvgIpc) is 3.13. The number of pyridine rings is 1. The van der Waals surface area contributed by atoms with Gasteiger partial charge in [-0.1, -0.05) is 0 Å². The van der Waals surface area contributed by atoms with Crippen molar-refractivity contribution in [3.8, 4) is 0 Å². The molecule has 0 spiro atoms. The highest BCUT2D eigenvalue weighted by Gasteiger charge is 2.15. The summed E-state index contributed by atoms with van der Waals surface area (Å²) >= 11 is 0. The standard InChI is InChI=1S/C16H14N6O/c1-9-7-14-17-6-4-13(22(14)21-9)20-16(23)12-8-19-15-11(10(12)2)3-5-18-15/h3-8H,1-2H3,(H,18,19)(H,20,23). The summed E-state index contributed by atoms with van der Waals surface area (Å²) in [6.07, 6.45) is 5.04. The van der Waals surface area contributed by atoms with Crippen molar-refractivity contribution >= 4 is 28.4 Å². The molecule has 114 valence electrons. The Morgan fingerprint density at radius 3 is 3.00 bits per heavy atom. The number of rotatable bonds is 2. The van der Waals surface area contributed by atoms with Crippen molar-refractivity contribution in [2.45, 2.75) is 13.8 Å². The van der Waals surface area contributed by atoms with Gasteiger partial charge in [-0.3, -0.25) is 4.79 Å². The zero-order chi connectivity index (χ0) is 16.0. The maximum atomic E-state index is 12.6. The van der Waals surface area contributed by atoms with Gasteiger partial charge in [0.15, 0.2) is 5.65 Å². The van der Waals surface area contributed by atoms with E-state index >= 15 is 0 Å². The van der Waals surface area contributed by atoms with Crippen LogP contribution in [-0.4, -0.2) is 30.5 Å². The van der Waals surface area contributed by atoms with E-state index in [0.717, 1.165) is 22.3 Å². The third kappa shape index (κ3) is 2.13. The summed E-state index contributed by atoms with van der Waals surface area (Å²) in [6.45, 7) is 3.79. The topological polar surface area (TPSA) is 88.0 Å². The largest absolute Gasteiger partial charge is 0.346 e. The Morgan fingerprint density at radius 1 is 1.26 bits per heavy atom. The molecule has 0 radical (unpaired) electrons. The molecule has 0 aliphatic heterocycles. The fourth-order valence-corrected chi connectivity index (χ4v) is 2.66. The third-order valence-electron chi connectivity index (χ3n) is 3.82. The fourth-order valence-electron chi connectivity index (χ4n) is 2.66. The smallest absolute Gasteiger partial charge is 0.258 e. The van der Waals surface area contributed by atoms with E-state index in [-0.39, 0.29) is 5.91 Å². The number of amides is 1. The molecule has 7 heteroatoms. The highest BCUT2D eigenvalue weighted by molar-refractivity contribution is 6.07. The minimum Gasteiger partial charge on any atom is -0.346 e. The number of aromatic nitrogens is 5. The predicted molar refractivity (Wildman–Crippen MR) is 86.5 cm³/mol. The first-order valence-corrected chi connectivity index (χ1v) is 7.19. The predicted octanol–water partition coefficient (Wildman–Crippen LogP) is 2.47. The molecule has 23 heavy (non-hydrogen) atoms. The lowest BCUT2D eigenvalue weighted by Gasteiger charge is -2.09. The minimum atomic E-state index is -0.223. The van der Waals surface area contributed by atoms with Crippen molar-refractivity contribution in [1.29, 1.82) is 0 Å². The number of aryl methyl sites for hydroxylation is 2. The number of nitrogens with one attached hydrogen (secondary N) is 2. The van der Waals surface area contributed by atoms with Gasteiger partial charge in [0, 0.05) is 30.0 Å². The number of nitrogens with zero attached hydrogens (tertiary/aromatic N) is 4. The second kappa shape index (κ2) is 4.91. The minimum absolute atomic E-state index is 0.223. The van der Waals surface area contributed by atoms with Crippen LogP contribution in [0.15, 0.2) is 36.8 Å². The molecular weight excluding hydrogens is 292 g/mol. The molecule has 4 rings (SSSR count). The lowest BCUT2D eigenvalue weighted by molar-refractivity contribution is 0.102. The van der Waals surface area contributed by atoms with Crippen molar-refractivity contribution in [3.05, 3.63) is 53.6 Å². The fraction of sp³-hybridized carbons (Fsp3) is 0.125. The number of aromatic amines is 1. The molecule has 0 fully saturated rings. The van der Waals surface area contributed by atoms with Crippen molar-refractivity contribution < 1.29 is 4.79 Å². The van der Waals surface area contributed by atoms with E-state index in [9.17, 15) is 4.79 Å². The molecular formula is C16H14N6O. The summed E-state index contributed by atoms with van der Waals surface area (Å²) in [5.41, 5.74) is 3.72. The Balaban J connectivity index is 1.74. The van der Waals surface area contributed by atoms with Crippen LogP contribution >= 0.6 is 0 Å². The van der Waals surface area contributed by atoms with Gasteiger partial charge in [-0.2, -0.15) is 9.61 Å². The number of carbonyl (C=O) groups excluding carboxylic acids is 1. The van der Waals surface area contributed by atoms with Crippen molar-refractivity contribution in [2.24, 2.45) is 0 Å². The molecule has 4 heterocycles. The second-order valence-electron chi connectivity index (χ2n) is 5.38. The van der Waals surface area contributed by atoms with Gasteiger partial charge in [0.2, 0.25) is 0 Å². The molecule has 4 aromatic heterocycles. The molecule has 0 saturated heterocycles. The number of hydrogen-bond acceptors (Lipinski definition) is 4. The Morgan fingerprint density at radius 2 is 2.13 bits per heavy atom. The number of anilines is 1. The lowest BCUT2D eigenvalue weighted by atomic mass is 10.1. The second-order valence-corrected chi connectivity index (χ2v) is 5.38. The van der Waals surface area contributed by atoms with Crippen molar-refractivity contribution in [1.82, 2.24) is 24.6 Å². The summed E-state index contributed by atoms with van der Waals surface area (Å²) in [7, 11) is 0. The quantitative estimate of drug-likeness (QED) is 0.595. The van der Waals surface area contributed by atoms with Crippen LogP contribution in [0.25, 0.3) is 16.7 Å². The van der Waals surface area contributed by atoms with Crippen LogP contribution in [0.4, 0.5) is 5.82 Å². The first kappa shape index (κ1) is 13.4. The molecule has 0 aliphatic rings. The number of fused-ring (bicyclic) bond motifs is 2. The normalized spacial score (nSPS) is 11.2. The molecule has 0 aliphatic carbocycles. The summed E-state index contributed by atoms with van der Waals surface area (Å²) in [4.78, 5) is 24.2. The average molecular weight is 306 g/mol. The molecule has 4 aromatic rings. The highest BCUT2D eigenvalue weighted by Crippen LogP contribution is 2.20. The summed E-state index contributed by atoms with van der Waals surface area (Å²) in [6, 6.07) is 5.49. The first-order valence-electron chi connectivity index (χ1n) is 7.19. The van der Waals surface area contributed by atoms with Crippen molar-refractivity contribution in [3.63, 3.8) is 0 Å². The van der Waals surface area contributed by atoms with E-state index in [1.807, 2.05) is 32.2 Å². The van der Waals surface area contributed by atoms with E-state index < -0.39 is 0 Å². The Kier molecular flexibility index (Phi) is 2.87.